The molecule has 2 aromatic carbocycles. The van der Waals surface area contributed by atoms with Crippen LogP contribution in [0.2, 0.25) is 0 Å². The molecule has 0 N–H and O–H groups in total. The number of thioether (sulfide) groups is 2. The number of likely N-dealkylation sites (N-methyl/N-ethyl adjacent to an activating group) is 1. The van der Waals surface area contributed by atoms with Crippen molar-refractivity contribution >= 4 is 35.9 Å². The predicted molar refractivity (Wildman–Crippen MR) is 166 cm³/mol. The van der Waals surface area contributed by atoms with E-state index in [0.717, 1.165) is 48.9 Å². The van der Waals surface area contributed by atoms with E-state index in [4.69, 9.17) is 23.7 Å². The zero-order valence-electron chi connectivity index (χ0n) is 24.2. The van der Waals surface area contributed by atoms with E-state index < -0.39 is 0 Å². The monoisotopic (exact) mass is 597 g/mol. The molecular weight excluding hydrogens is 554 g/mol. The zero-order chi connectivity index (χ0) is 27.2. The molecule has 218 valence electrons. The van der Waals surface area contributed by atoms with Gasteiger partial charge in [0.1, 0.15) is 0 Å². The van der Waals surface area contributed by atoms with E-state index in [1.54, 1.807) is 35.5 Å². The Balaban J connectivity index is 0.00000420. The number of hydrogen-bond acceptors (Lipinski definition) is 8. The summed E-state index contributed by atoms with van der Waals surface area (Å²) < 4.78 is 28.1. The fraction of sp³-hybridized carbons (Fsp3) is 0.600. The fourth-order valence-electron chi connectivity index (χ4n) is 5.82. The Morgan fingerprint density at radius 3 is 1.85 bits per heavy atom. The highest BCUT2D eigenvalue weighted by atomic mass is 35.5. The Morgan fingerprint density at radius 1 is 0.744 bits per heavy atom. The maximum absolute atomic E-state index is 5.70. The van der Waals surface area contributed by atoms with Crippen molar-refractivity contribution in [3.05, 3.63) is 41.5 Å². The van der Waals surface area contributed by atoms with Gasteiger partial charge in [-0.15, -0.1) is 35.9 Å². The second kappa shape index (κ2) is 14.3. The summed E-state index contributed by atoms with van der Waals surface area (Å²) >= 11 is 4.13. The first-order valence-electron chi connectivity index (χ1n) is 13.4. The van der Waals surface area contributed by atoms with Crippen LogP contribution in [0, 0.1) is 0 Å². The van der Waals surface area contributed by atoms with Gasteiger partial charge < -0.3 is 28.6 Å². The van der Waals surface area contributed by atoms with Gasteiger partial charge in [0.15, 0.2) is 23.0 Å². The highest BCUT2D eigenvalue weighted by Gasteiger charge is 2.41. The lowest BCUT2D eigenvalue weighted by Gasteiger charge is -2.45. The molecule has 1 saturated carbocycles. The first-order valence-corrected chi connectivity index (χ1v) is 15.4. The molecule has 1 saturated heterocycles. The number of ether oxygens (including phenoxy) is 5. The van der Waals surface area contributed by atoms with E-state index in [2.05, 4.69) is 59.7 Å². The standard InChI is InChI=1S/C30H43NO5S2.ClH/c1-31(21-29(12-7-13-29)22-10-11-24(32-2)25(18-22)33-3)15-8-14-30(37-16-9-17-38-30)23-19-26(34-4)28(36-6)27(20-23)35-5;/h10-11,18-20H,7-9,12-17,21H2,1-6H3;1H. The largest absolute Gasteiger partial charge is 0.493 e. The number of rotatable bonds is 13. The van der Waals surface area contributed by atoms with Crippen LogP contribution in [0.25, 0.3) is 0 Å². The lowest BCUT2D eigenvalue weighted by atomic mass is 9.64. The van der Waals surface area contributed by atoms with Gasteiger partial charge in [-0.3, -0.25) is 0 Å². The van der Waals surface area contributed by atoms with E-state index in [1.165, 1.54) is 48.3 Å². The molecule has 0 unspecified atom stereocenters. The first-order chi connectivity index (χ1) is 18.4. The SMILES string of the molecule is COc1ccc(C2(CN(C)CCCC3(c4cc(OC)c(OC)c(OC)c4)SCCCS3)CCC2)cc1OC.Cl. The van der Waals surface area contributed by atoms with Gasteiger partial charge in [-0.1, -0.05) is 12.5 Å². The van der Waals surface area contributed by atoms with Gasteiger partial charge in [-0.2, -0.15) is 0 Å². The Hall–Kier alpha value is -1.61. The van der Waals surface area contributed by atoms with E-state index in [1.807, 2.05) is 6.07 Å². The summed E-state index contributed by atoms with van der Waals surface area (Å²) in [4.78, 5) is 2.52. The normalized spacial score (nSPS) is 17.5. The summed E-state index contributed by atoms with van der Waals surface area (Å²) in [5.41, 5.74) is 2.81. The quantitative estimate of drug-likeness (QED) is 0.244. The summed E-state index contributed by atoms with van der Waals surface area (Å²) in [6.45, 7) is 2.11. The molecule has 2 aliphatic rings. The second-order valence-corrected chi connectivity index (χ2v) is 13.3. The van der Waals surface area contributed by atoms with Crippen LogP contribution in [-0.2, 0) is 9.49 Å². The van der Waals surface area contributed by atoms with Gasteiger partial charge >= 0.3 is 0 Å². The van der Waals surface area contributed by atoms with Gasteiger partial charge in [0, 0.05) is 12.0 Å². The molecule has 6 nitrogen and oxygen atoms in total. The molecule has 9 heteroatoms. The van der Waals surface area contributed by atoms with Crippen LogP contribution >= 0.6 is 35.9 Å². The summed E-state index contributed by atoms with van der Waals surface area (Å²) in [6.07, 6.45) is 7.17. The highest BCUT2D eigenvalue weighted by molar-refractivity contribution is 8.18. The van der Waals surface area contributed by atoms with Crippen LogP contribution in [0.1, 0.15) is 49.7 Å². The van der Waals surface area contributed by atoms with Crippen molar-refractivity contribution in [2.45, 2.75) is 48.0 Å². The molecule has 1 aliphatic carbocycles. The number of halogens is 1. The Morgan fingerprint density at radius 2 is 1.33 bits per heavy atom. The molecule has 0 radical (unpaired) electrons. The topological polar surface area (TPSA) is 49.4 Å². The lowest BCUT2D eigenvalue weighted by molar-refractivity contribution is 0.157. The maximum atomic E-state index is 5.70. The molecule has 4 rings (SSSR count). The summed E-state index contributed by atoms with van der Waals surface area (Å²) in [7, 11) is 10.7. The third-order valence-electron chi connectivity index (χ3n) is 7.99. The molecule has 0 spiro atoms. The van der Waals surface area contributed by atoms with Crippen LogP contribution in [-0.4, -0.2) is 72.1 Å². The molecule has 0 atom stereocenters. The zero-order valence-corrected chi connectivity index (χ0v) is 26.6. The fourth-order valence-corrected chi connectivity index (χ4v) is 9.22. The highest BCUT2D eigenvalue weighted by Crippen LogP contribution is 2.56. The van der Waals surface area contributed by atoms with E-state index >= 15 is 0 Å². The van der Waals surface area contributed by atoms with Crippen molar-refractivity contribution in [1.82, 2.24) is 4.90 Å². The smallest absolute Gasteiger partial charge is 0.203 e. The van der Waals surface area contributed by atoms with E-state index in [-0.39, 0.29) is 21.9 Å². The van der Waals surface area contributed by atoms with Crippen molar-refractivity contribution in [2.75, 3.05) is 67.2 Å². The molecule has 2 aromatic rings. The van der Waals surface area contributed by atoms with Crippen molar-refractivity contribution in [1.29, 1.82) is 0 Å². The molecule has 1 aliphatic heterocycles. The number of methoxy groups -OCH3 is 5. The van der Waals surface area contributed by atoms with Gasteiger partial charge in [-0.05, 0) is 92.6 Å². The molecule has 0 amide bonds. The number of benzene rings is 2. The Labute approximate surface area is 249 Å². The van der Waals surface area contributed by atoms with Crippen LogP contribution in [0.3, 0.4) is 0 Å². The van der Waals surface area contributed by atoms with Crippen molar-refractivity contribution in [3.63, 3.8) is 0 Å². The second-order valence-electron chi connectivity index (χ2n) is 10.3. The average molecular weight is 598 g/mol. The summed E-state index contributed by atoms with van der Waals surface area (Å²) in [5.74, 6) is 6.06. The summed E-state index contributed by atoms with van der Waals surface area (Å²) in [6, 6.07) is 10.8. The Bertz CT molecular complexity index is 1050. The molecule has 0 bridgehead atoms. The molecule has 39 heavy (non-hydrogen) atoms. The van der Waals surface area contributed by atoms with Gasteiger partial charge in [0.25, 0.3) is 0 Å². The summed E-state index contributed by atoms with van der Waals surface area (Å²) in [5, 5.41) is 0. The third kappa shape index (κ3) is 6.83. The molecule has 1 heterocycles. The van der Waals surface area contributed by atoms with E-state index in [9.17, 15) is 0 Å². The van der Waals surface area contributed by atoms with Gasteiger partial charge in [0.2, 0.25) is 5.75 Å². The van der Waals surface area contributed by atoms with Crippen LogP contribution in [0.15, 0.2) is 30.3 Å². The van der Waals surface area contributed by atoms with Gasteiger partial charge in [0.05, 0.1) is 39.6 Å². The maximum Gasteiger partial charge on any atom is 0.203 e. The van der Waals surface area contributed by atoms with E-state index in [0.29, 0.717) is 5.75 Å². The van der Waals surface area contributed by atoms with Gasteiger partial charge in [-0.25, -0.2) is 0 Å². The minimum atomic E-state index is -0.0105. The van der Waals surface area contributed by atoms with Crippen molar-refractivity contribution in [2.24, 2.45) is 0 Å². The minimum absolute atomic E-state index is 0. The van der Waals surface area contributed by atoms with Crippen LogP contribution in [0.5, 0.6) is 28.7 Å². The van der Waals surface area contributed by atoms with Crippen LogP contribution < -0.4 is 23.7 Å². The molecular formula is C30H44ClNO5S2. The number of nitrogens with zero attached hydrogens (tertiary/aromatic N) is 1. The van der Waals surface area contributed by atoms with Crippen molar-refractivity contribution < 1.29 is 23.7 Å². The predicted octanol–water partition coefficient (Wildman–Crippen LogP) is 7.01. The molecule has 2 fully saturated rings. The van der Waals surface area contributed by atoms with Crippen molar-refractivity contribution in [3.8, 4) is 28.7 Å². The van der Waals surface area contributed by atoms with Crippen LogP contribution in [0.4, 0.5) is 0 Å². The third-order valence-corrected chi connectivity index (χ3v) is 11.5. The number of hydrogen-bond donors (Lipinski definition) is 0. The Kier molecular flexibility index (Phi) is 11.7. The minimum Gasteiger partial charge on any atom is -0.493 e. The lowest BCUT2D eigenvalue weighted by Crippen LogP contribution is -2.44. The first kappa shape index (κ1) is 31.9. The molecule has 0 aromatic heterocycles. The average Bonchev–Trinajstić information content (AvgIpc) is 2.94.